The van der Waals surface area contributed by atoms with Crippen molar-refractivity contribution in [3.8, 4) is 5.75 Å². The first-order valence-electron chi connectivity index (χ1n) is 8.31. The smallest absolute Gasteiger partial charge is 0.225 e. The molecular weight excluding hydrogens is 300 g/mol. The van der Waals surface area contributed by atoms with Crippen LogP contribution in [0.5, 0.6) is 5.75 Å². The Morgan fingerprint density at radius 3 is 2.25 bits per heavy atom. The number of nitrogens with one attached hydrogen (secondary N) is 1. The van der Waals surface area contributed by atoms with Crippen LogP contribution in [-0.4, -0.2) is 13.0 Å². The maximum Gasteiger partial charge on any atom is 0.225 e. The molecule has 0 saturated heterocycles. The predicted molar refractivity (Wildman–Crippen MR) is 96.7 cm³/mol. The molecule has 1 amide bonds. The quantitative estimate of drug-likeness (QED) is 0.817. The van der Waals surface area contributed by atoms with Crippen LogP contribution in [0.3, 0.4) is 0 Å². The van der Waals surface area contributed by atoms with Crippen molar-refractivity contribution in [3.63, 3.8) is 0 Å². The lowest BCUT2D eigenvalue weighted by Gasteiger charge is -2.24. The summed E-state index contributed by atoms with van der Waals surface area (Å²) in [5.41, 5.74) is 8.29. The minimum absolute atomic E-state index is 0.0333. The lowest BCUT2D eigenvalue weighted by atomic mass is 9.94. The van der Waals surface area contributed by atoms with Gasteiger partial charge in [-0.3, -0.25) is 4.79 Å². The molecule has 128 valence electrons. The van der Waals surface area contributed by atoms with Gasteiger partial charge in [-0.1, -0.05) is 56.3 Å². The molecule has 3 N–H and O–H groups in total. The van der Waals surface area contributed by atoms with Crippen LogP contribution in [0.15, 0.2) is 54.6 Å². The van der Waals surface area contributed by atoms with Gasteiger partial charge in [-0.2, -0.15) is 0 Å². The zero-order chi connectivity index (χ0) is 17.5. The number of hydrogen-bond donors (Lipinski definition) is 2. The SMILES string of the molecule is CCC(NC(=O)C(C)C(N)c1ccccc1)c1ccc(OC)cc1. The molecule has 0 aromatic heterocycles. The van der Waals surface area contributed by atoms with Gasteiger partial charge in [0.15, 0.2) is 0 Å². The van der Waals surface area contributed by atoms with Gasteiger partial charge in [0.1, 0.15) is 5.75 Å². The van der Waals surface area contributed by atoms with Gasteiger partial charge < -0.3 is 15.8 Å². The molecule has 0 bridgehead atoms. The van der Waals surface area contributed by atoms with Crippen molar-refractivity contribution in [2.75, 3.05) is 7.11 Å². The van der Waals surface area contributed by atoms with Gasteiger partial charge in [-0.25, -0.2) is 0 Å². The summed E-state index contributed by atoms with van der Waals surface area (Å²) in [5, 5.41) is 3.11. The fourth-order valence-corrected chi connectivity index (χ4v) is 2.69. The molecule has 2 aromatic carbocycles. The van der Waals surface area contributed by atoms with Crippen LogP contribution in [0, 0.1) is 5.92 Å². The van der Waals surface area contributed by atoms with Gasteiger partial charge >= 0.3 is 0 Å². The van der Waals surface area contributed by atoms with Crippen molar-refractivity contribution in [1.82, 2.24) is 5.32 Å². The summed E-state index contributed by atoms with van der Waals surface area (Å²) in [6, 6.07) is 17.1. The van der Waals surface area contributed by atoms with Crippen molar-refractivity contribution in [1.29, 1.82) is 0 Å². The van der Waals surface area contributed by atoms with Crippen molar-refractivity contribution in [3.05, 3.63) is 65.7 Å². The monoisotopic (exact) mass is 326 g/mol. The molecule has 0 spiro atoms. The number of carbonyl (C=O) groups excluding carboxylic acids is 1. The van der Waals surface area contributed by atoms with Gasteiger partial charge in [0.2, 0.25) is 5.91 Å². The number of benzene rings is 2. The van der Waals surface area contributed by atoms with Crippen LogP contribution in [-0.2, 0) is 4.79 Å². The summed E-state index contributed by atoms with van der Waals surface area (Å²) in [4.78, 5) is 12.6. The van der Waals surface area contributed by atoms with E-state index in [2.05, 4.69) is 12.2 Å². The Kier molecular flexibility index (Phi) is 6.38. The van der Waals surface area contributed by atoms with Crippen LogP contribution in [0.2, 0.25) is 0 Å². The third-order valence-corrected chi connectivity index (χ3v) is 4.38. The minimum atomic E-state index is -0.320. The number of ether oxygens (including phenoxy) is 1. The highest BCUT2D eigenvalue weighted by molar-refractivity contribution is 5.79. The first kappa shape index (κ1) is 18.0. The van der Waals surface area contributed by atoms with E-state index in [0.29, 0.717) is 0 Å². The van der Waals surface area contributed by atoms with Crippen molar-refractivity contribution in [2.24, 2.45) is 11.7 Å². The van der Waals surface area contributed by atoms with Crippen LogP contribution in [0.1, 0.15) is 43.5 Å². The van der Waals surface area contributed by atoms with E-state index in [0.717, 1.165) is 23.3 Å². The van der Waals surface area contributed by atoms with Gasteiger partial charge in [0.25, 0.3) is 0 Å². The maximum atomic E-state index is 12.6. The topological polar surface area (TPSA) is 64.4 Å². The molecule has 2 aromatic rings. The normalized spacial score (nSPS) is 14.5. The van der Waals surface area contributed by atoms with E-state index in [1.807, 2.05) is 61.5 Å². The Labute approximate surface area is 144 Å². The third-order valence-electron chi connectivity index (χ3n) is 4.38. The van der Waals surface area contributed by atoms with E-state index in [9.17, 15) is 4.79 Å². The molecule has 4 nitrogen and oxygen atoms in total. The van der Waals surface area contributed by atoms with Crippen LogP contribution in [0.25, 0.3) is 0 Å². The molecule has 0 saturated carbocycles. The summed E-state index contributed by atoms with van der Waals surface area (Å²) in [6.45, 7) is 3.92. The van der Waals surface area contributed by atoms with Crippen LogP contribution in [0.4, 0.5) is 0 Å². The average molecular weight is 326 g/mol. The Bertz CT molecular complexity index is 640. The van der Waals surface area contributed by atoms with Crippen LogP contribution >= 0.6 is 0 Å². The fourth-order valence-electron chi connectivity index (χ4n) is 2.69. The summed E-state index contributed by atoms with van der Waals surface area (Å²) in [5.74, 6) is 0.466. The molecular formula is C20H26N2O2. The highest BCUT2D eigenvalue weighted by Crippen LogP contribution is 2.23. The van der Waals surface area contributed by atoms with E-state index in [1.165, 1.54) is 0 Å². The number of hydrogen-bond acceptors (Lipinski definition) is 3. The van der Waals surface area contributed by atoms with Crippen LogP contribution < -0.4 is 15.8 Å². The highest BCUT2D eigenvalue weighted by Gasteiger charge is 2.24. The molecule has 3 unspecified atom stereocenters. The summed E-state index contributed by atoms with van der Waals surface area (Å²) >= 11 is 0. The minimum Gasteiger partial charge on any atom is -0.497 e. The standard InChI is InChI=1S/C20H26N2O2/c1-4-18(15-10-12-17(24-3)13-11-15)22-20(23)14(2)19(21)16-8-6-5-7-9-16/h5-14,18-19H,4,21H2,1-3H3,(H,22,23). The van der Waals surface area contributed by atoms with E-state index >= 15 is 0 Å². The maximum absolute atomic E-state index is 12.6. The number of amides is 1. The summed E-state index contributed by atoms with van der Waals surface area (Å²) < 4.78 is 5.18. The zero-order valence-corrected chi connectivity index (χ0v) is 14.5. The second-order valence-electron chi connectivity index (χ2n) is 5.97. The molecule has 0 aliphatic carbocycles. The predicted octanol–water partition coefficient (Wildman–Crippen LogP) is 3.60. The molecule has 4 heteroatoms. The van der Waals surface area contributed by atoms with E-state index in [1.54, 1.807) is 7.11 Å². The number of rotatable bonds is 7. The molecule has 0 aliphatic heterocycles. The third kappa shape index (κ3) is 4.36. The largest absolute Gasteiger partial charge is 0.497 e. The lowest BCUT2D eigenvalue weighted by Crippen LogP contribution is -2.37. The Morgan fingerprint density at radius 1 is 1.08 bits per heavy atom. The average Bonchev–Trinajstić information content (AvgIpc) is 2.65. The Balaban J connectivity index is 2.05. The summed E-state index contributed by atoms with van der Waals surface area (Å²) in [7, 11) is 1.64. The molecule has 0 fully saturated rings. The number of carbonyl (C=O) groups is 1. The van der Waals surface area contributed by atoms with Crippen molar-refractivity contribution < 1.29 is 9.53 Å². The Hall–Kier alpha value is -2.33. The van der Waals surface area contributed by atoms with E-state index in [4.69, 9.17) is 10.5 Å². The van der Waals surface area contributed by atoms with Crippen molar-refractivity contribution >= 4 is 5.91 Å². The Morgan fingerprint density at radius 2 is 1.71 bits per heavy atom. The summed E-state index contributed by atoms with van der Waals surface area (Å²) in [6.07, 6.45) is 0.811. The van der Waals surface area contributed by atoms with Gasteiger partial charge in [0, 0.05) is 6.04 Å². The first-order chi connectivity index (χ1) is 11.6. The fraction of sp³-hybridized carbons (Fsp3) is 0.350. The van der Waals surface area contributed by atoms with Gasteiger partial charge in [0.05, 0.1) is 19.1 Å². The zero-order valence-electron chi connectivity index (χ0n) is 14.5. The molecule has 24 heavy (non-hydrogen) atoms. The molecule has 3 atom stereocenters. The second-order valence-corrected chi connectivity index (χ2v) is 5.97. The molecule has 0 radical (unpaired) electrons. The molecule has 0 heterocycles. The highest BCUT2D eigenvalue weighted by atomic mass is 16.5. The van der Waals surface area contributed by atoms with E-state index < -0.39 is 0 Å². The van der Waals surface area contributed by atoms with Crippen molar-refractivity contribution in [2.45, 2.75) is 32.4 Å². The number of nitrogens with two attached hydrogens (primary N) is 1. The lowest BCUT2D eigenvalue weighted by molar-refractivity contribution is -0.126. The molecule has 0 aliphatic rings. The number of methoxy groups -OCH3 is 1. The first-order valence-corrected chi connectivity index (χ1v) is 8.31. The van der Waals surface area contributed by atoms with Gasteiger partial charge in [-0.15, -0.1) is 0 Å². The van der Waals surface area contributed by atoms with Gasteiger partial charge in [-0.05, 0) is 29.7 Å². The van der Waals surface area contributed by atoms with E-state index in [-0.39, 0.29) is 23.9 Å². The second kappa shape index (κ2) is 8.50. The molecule has 2 rings (SSSR count).